The number of aromatic nitrogens is 1. The third-order valence-corrected chi connectivity index (χ3v) is 6.08. The van der Waals surface area contributed by atoms with Crippen molar-refractivity contribution in [3.05, 3.63) is 69.8 Å². The molecule has 1 aliphatic heterocycles. The van der Waals surface area contributed by atoms with Crippen molar-refractivity contribution in [3.8, 4) is 0 Å². The molecule has 1 saturated heterocycles. The van der Waals surface area contributed by atoms with Crippen molar-refractivity contribution in [2.45, 2.75) is 32.7 Å². The average molecular weight is 438 g/mol. The van der Waals surface area contributed by atoms with Crippen LogP contribution >= 0.6 is 15.9 Å². The summed E-state index contributed by atoms with van der Waals surface area (Å²) in [5.74, 6) is -0.128. The van der Waals surface area contributed by atoms with Crippen molar-refractivity contribution in [1.29, 1.82) is 0 Å². The molecule has 0 aliphatic carbocycles. The molecule has 1 aliphatic rings. The van der Waals surface area contributed by atoms with E-state index in [4.69, 9.17) is 4.98 Å². The van der Waals surface area contributed by atoms with Crippen molar-refractivity contribution in [2.24, 2.45) is 0 Å². The number of carbonyl (C=O) groups is 1. The number of fused-ring (bicyclic) bond motifs is 1. The Hall–Kier alpha value is -2.24. The van der Waals surface area contributed by atoms with Gasteiger partial charge in [-0.1, -0.05) is 24.6 Å². The highest BCUT2D eigenvalue weighted by atomic mass is 79.9. The first-order chi connectivity index (χ1) is 13.6. The molecule has 0 atom stereocenters. The third-order valence-electron chi connectivity index (χ3n) is 5.38. The molecule has 1 N–H and O–H groups in total. The molecule has 5 heteroatoms. The van der Waals surface area contributed by atoms with E-state index in [0.717, 1.165) is 33.2 Å². The number of carbonyl (C=O) groups excluding carboxylic acids is 1. The molecular weight excluding hydrogens is 414 g/mol. The second-order valence-electron chi connectivity index (χ2n) is 7.42. The lowest BCUT2D eigenvalue weighted by molar-refractivity contribution is 0.102. The van der Waals surface area contributed by atoms with Crippen LogP contribution in [-0.4, -0.2) is 28.9 Å². The van der Waals surface area contributed by atoms with E-state index >= 15 is 0 Å². The van der Waals surface area contributed by atoms with Crippen LogP contribution in [0.4, 0.5) is 5.69 Å². The number of benzene rings is 2. The van der Waals surface area contributed by atoms with E-state index in [0.29, 0.717) is 5.56 Å². The number of nitrogens with zero attached hydrogens (tertiary/aromatic N) is 2. The van der Waals surface area contributed by atoms with E-state index in [2.05, 4.69) is 32.2 Å². The standard InChI is InChI=1S/C23H24BrN3O/c1-16-21(26-23(28)19-7-3-4-8-20(19)24)10-9-18-13-17(14-25-22(16)18)15-27-11-5-2-6-12-27/h3-4,7-10,13-14H,2,5-6,11-12,15H2,1H3,(H,26,28). The Morgan fingerprint density at radius 3 is 2.71 bits per heavy atom. The van der Waals surface area contributed by atoms with Gasteiger partial charge in [-0.3, -0.25) is 14.7 Å². The Kier molecular flexibility index (Phi) is 5.74. The van der Waals surface area contributed by atoms with Crippen LogP contribution in [0.15, 0.2) is 53.1 Å². The molecule has 2 heterocycles. The van der Waals surface area contributed by atoms with E-state index in [1.54, 1.807) is 6.07 Å². The molecule has 28 heavy (non-hydrogen) atoms. The van der Waals surface area contributed by atoms with E-state index in [1.807, 2.05) is 43.5 Å². The number of anilines is 1. The Bertz CT molecular complexity index is 1010. The maximum atomic E-state index is 12.6. The summed E-state index contributed by atoms with van der Waals surface area (Å²) in [6, 6.07) is 13.7. The fourth-order valence-electron chi connectivity index (χ4n) is 3.83. The van der Waals surface area contributed by atoms with Gasteiger partial charge in [0.15, 0.2) is 0 Å². The van der Waals surface area contributed by atoms with Gasteiger partial charge in [-0.25, -0.2) is 0 Å². The molecule has 1 aromatic heterocycles. The van der Waals surface area contributed by atoms with Crippen LogP contribution in [-0.2, 0) is 6.54 Å². The second kappa shape index (κ2) is 8.41. The van der Waals surface area contributed by atoms with Crippen LogP contribution in [0.2, 0.25) is 0 Å². The predicted molar refractivity (Wildman–Crippen MR) is 118 cm³/mol. The Morgan fingerprint density at radius 1 is 1.14 bits per heavy atom. The Balaban J connectivity index is 1.56. The van der Waals surface area contributed by atoms with Crippen LogP contribution in [0.1, 0.15) is 40.7 Å². The normalized spacial score (nSPS) is 14.9. The number of piperidine rings is 1. The number of likely N-dealkylation sites (tertiary alicyclic amines) is 1. The fourth-order valence-corrected chi connectivity index (χ4v) is 4.29. The summed E-state index contributed by atoms with van der Waals surface area (Å²) in [7, 11) is 0. The minimum absolute atomic E-state index is 0.128. The summed E-state index contributed by atoms with van der Waals surface area (Å²) in [6.07, 6.45) is 5.91. The summed E-state index contributed by atoms with van der Waals surface area (Å²) in [4.78, 5) is 19.9. The molecule has 2 aromatic carbocycles. The quantitative estimate of drug-likeness (QED) is 0.582. The summed E-state index contributed by atoms with van der Waals surface area (Å²) in [5.41, 5.74) is 4.59. The lowest BCUT2D eigenvalue weighted by Crippen LogP contribution is -2.29. The van der Waals surface area contributed by atoms with Crippen LogP contribution in [0.5, 0.6) is 0 Å². The minimum atomic E-state index is -0.128. The van der Waals surface area contributed by atoms with E-state index in [1.165, 1.54) is 37.9 Å². The summed E-state index contributed by atoms with van der Waals surface area (Å²) < 4.78 is 0.784. The van der Waals surface area contributed by atoms with Gasteiger partial charge in [-0.15, -0.1) is 0 Å². The minimum Gasteiger partial charge on any atom is -0.322 e. The van der Waals surface area contributed by atoms with Crippen molar-refractivity contribution in [2.75, 3.05) is 18.4 Å². The number of halogens is 1. The Morgan fingerprint density at radius 2 is 1.93 bits per heavy atom. The van der Waals surface area contributed by atoms with Crippen LogP contribution in [0.3, 0.4) is 0 Å². The molecule has 1 amide bonds. The molecule has 144 valence electrons. The molecule has 0 bridgehead atoms. The first kappa shape index (κ1) is 19.1. The molecule has 0 saturated carbocycles. The first-order valence-electron chi connectivity index (χ1n) is 9.78. The fraction of sp³-hybridized carbons (Fsp3) is 0.304. The molecule has 0 unspecified atom stereocenters. The smallest absolute Gasteiger partial charge is 0.256 e. The highest BCUT2D eigenvalue weighted by Gasteiger charge is 2.14. The predicted octanol–water partition coefficient (Wildman–Crippen LogP) is 5.54. The van der Waals surface area contributed by atoms with Gasteiger partial charge in [0.05, 0.1) is 11.1 Å². The molecule has 0 spiro atoms. The number of hydrogen-bond donors (Lipinski definition) is 1. The molecule has 1 fully saturated rings. The largest absolute Gasteiger partial charge is 0.322 e. The maximum Gasteiger partial charge on any atom is 0.256 e. The van der Waals surface area contributed by atoms with E-state index in [-0.39, 0.29) is 5.91 Å². The second-order valence-corrected chi connectivity index (χ2v) is 8.28. The number of aryl methyl sites for hydroxylation is 1. The summed E-state index contributed by atoms with van der Waals surface area (Å²) in [6.45, 7) is 5.33. The van der Waals surface area contributed by atoms with Gasteiger partial charge in [0.25, 0.3) is 5.91 Å². The van der Waals surface area contributed by atoms with E-state index < -0.39 is 0 Å². The monoisotopic (exact) mass is 437 g/mol. The average Bonchev–Trinajstić information content (AvgIpc) is 2.71. The van der Waals surface area contributed by atoms with Crippen molar-refractivity contribution in [1.82, 2.24) is 9.88 Å². The van der Waals surface area contributed by atoms with Gasteiger partial charge in [0.2, 0.25) is 0 Å². The lowest BCUT2D eigenvalue weighted by Gasteiger charge is -2.26. The molecule has 4 nitrogen and oxygen atoms in total. The number of pyridine rings is 1. The van der Waals surface area contributed by atoms with Gasteiger partial charge < -0.3 is 5.32 Å². The van der Waals surface area contributed by atoms with Crippen molar-refractivity contribution < 1.29 is 4.79 Å². The highest BCUT2D eigenvalue weighted by Crippen LogP contribution is 2.26. The third kappa shape index (κ3) is 4.10. The SMILES string of the molecule is Cc1c(NC(=O)c2ccccc2Br)ccc2cc(CN3CCCCC3)cnc12. The zero-order chi connectivity index (χ0) is 19.5. The maximum absolute atomic E-state index is 12.6. The van der Waals surface area contributed by atoms with Gasteiger partial charge in [-0.05, 0) is 84.2 Å². The van der Waals surface area contributed by atoms with E-state index in [9.17, 15) is 4.79 Å². The van der Waals surface area contributed by atoms with Gasteiger partial charge in [0, 0.05) is 28.3 Å². The van der Waals surface area contributed by atoms with Gasteiger partial charge >= 0.3 is 0 Å². The molecule has 3 aromatic rings. The van der Waals surface area contributed by atoms with Crippen molar-refractivity contribution in [3.63, 3.8) is 0 Å². The van der Waals surface area contributed by atoms with Gasteiger partial charge in [0.1, 0.15) is 0 Å². The Labute approximate surface area is 174 Å². The zero-order valence-corrected chi connectivity index (χ0v) is 17.6. The summed E-state index contributed by atoms with van der Waals surface area (Å²) >= 11 is 3.44. The zero-order valence-electron chi connectivity index (χ0n) is 16.0. The molecule has 4 rings (SSSR count). The molecule has 0 radical (unpaired) electrons. The number of amides is 1. The van der Waals surface area contributed by atoms with Gasteiger partial charge in [-0.2, -0.15) is 0 Å². The highest BCUT2D eigenvalue weighted by molar-refractivity contribution is 9.10. The van der Waals surface area contributed by atoms with Crippen LogP contribution in [0, 0.1) is 6.92 Å². The topological polar surface area (TPSA) is 45.2 Å². The first-order valence-corrected chi connectivity index (χ1v) is 10.6. The van der Waals surface area contributed by atoms with Crippen LogP contribution in [0.25, 0.3) is 10.9 Å². The number of rotatable bonds is 4. The number of hydrogen-bond acceptors (Lipinski definition) is 3. The number of nitrogens with one attached hydrogen (secondary N) is 1. The lowest BCUT2D eigenvalue weighted by atomic mass is 10.1. The van der Waals surface area contributed by atoms with Crippen molar-refractivity contribution >= 4 is 38.4 Å². The summed E-state index contributed by atoms with van der Waals surface area (Å²) in [5, 5.41) is 4.14. The molecular formula is C23H24BrN3O. The van der Waals surface area contributed by atoms with Crippen LogP contribution < -0.4 is 5.32 Å².